The third-order valence-corrected chi connectivity index (χ3v) is 3.47. The van der Waals surface area contributed by atoms with Gasteiger partial charge in [-0.3, -0.25) is 0 Å². The molecule has 0 amide bonds. The minimum Gasteiger partial charge on any atom is -0.243 e. The molecule has 82 valence electrons. The number of hydrogen-bond acceptors (Lipinski definition) is 1. The second-order valence-electron chi connectivity index (χ2n) is 3.12. The highest BCUT2D eigenvalue weighted by Crippen LogP contribution is 2.34. The maximum atomic E-state index is 6.12. The van der Waals surface area contributed by atoms with Crippen molar-refractivity contribution >= 4 is 57.4 Å². The van der Waals surface area contributed by atoms with E-state index < -0.39 is 0 Å². The second kappa shape index (κ2) is 5.08. The summed E-state index contributed by atoms with van der Waals surface area (Å²) < 4.78 is 1.00. The molecule has 0 atom stereocenters. The topological polar surface area (TPSA) is 12.9 Å². The summed E-state index contributed by atoms with van der Waals surface area (Å²) >= 11 is 20.2. The summed E-state index contributed by atoms with van der Waals surface area (Å²) in [6.45, 7) is 0. The summed E-state index contributed by atoms with van der Waals surface area (Å²) in [5.74, 6) is 0. The fraction of sp³-hybridized carbons (Fsp3) is 0. The van der Waals surface area contributed by atoms with Crippen LogP contribution in [0.4, 0.5) is 0 Å². The van der Waals surface area contributed by atoms with Gasteiger partial charge >= 0.3 is 0 Å². The zero-order valence-corrected chi connectivity index (χ0v) is 12.3. The molecule has 5 heteroatoms. The minimum atomic E-state index is 0.435. The highest BCUT2D eigenvalue weighted by atomic mass is 127. The van der Waals surface area contributed by atoms with E-state index in [0.29, 0.717) is 15.2 Å². The van der Waals surface area contributed by atoms with Crippen LogP contribution in [0.15, 0.2) is 30.5 Å². The van der Waals surface area contributed by atoms with Crippen LogP contribution in [-0.2, 0) is 0 Å². The third-order valence-electron chi connectivity index (χ3n) is 2.03. The molecule has 0 aliphatic rings. The molecule has 2 rings (SSSR count). The van der Waals surface area contributed by atoms with Gasteiger partial charge in [0.1, 0.15) is 5.15 Å². The maximum Gasteiger partial charge on any atom is 0.136 e. The van der Waals surface area contributed by atoms with Crippen molar-refractivity contribution in [3.63, 3.8) is 0 Å². The lowest BCUT2D eigenvalue weighted by Gasteiger charge is -2.07. The van der Waals surface area contributed by atoms with Gasteiger partial charge in [-0.2, -0.15) is 0 Å². The van der Waals surface area contributed by atoms with Crippen molar-refractivity contribution in [2.24, 2.45) is 0 Å². The molecule has 1 heterocycles. The van der Waals surface area contributed by atoms with E-state index in [2.05, 4.69) is 27.6 Å². The Morgan fingerprint density at radius 3 is 2.44 bits per heavy atom. The van der Waals surface area contributed by atoms with Gasteiger partial charge in [0.2, 0.25) is 0 Å². The van der Waals surface area contributed by atoms with E-state index in [1.165, 1.54) is 0 Å². The fourth-order valence-electron chi connectivity index (χ4n) is 1.32. The number of halogens is 4. The number of nitrogens with zero attached hydrogens (tertiary/aromatic N) is 1. The quantitative estimate of drug-likeness (QED) is 0.479. The Hall–Kier alpha value is -0.0300. The van der Waals surface area contributed by atoms with Crippen molar-refractivity contribution in [3.05, 3.63) is 49.2 Å². The summed E-state index contributed by atoms with van der Waals surface area (Å²) in [4.78, 5) is 4.08. The maximum absolute atomic E-state index is 6.12. The Balaban J connectivity index is 2.62. The molecule has 0 bridgehead atoms. The van der Waals surface area contributed by atoms with Crippen LogP contribution in [0.5, 0.6) is 0 Å². The molecule has 0 saturated heterocycles. The predicted octanol–water partition coefficient (Wildman–Crippen LogP) is 5.31. The summed E-state index contributed by atoms with van der Waals surface area (Å²) in [6.07, 6.45) is 1.70. The van der Waals surface area contributed by atoms with Gasteiger partial charge in [-0.15, -0.1) is 0 Å². The van der Waals surface area contributed by atoms with Gasteiger partial charge in [0.25, 0.3) is 0 Å². The molecule has 0 unspecified atom stereocenters. The van der Waals surface area contributed by atoms with Crippen LogP contribution in [0.1, 0.15) is 0 Å². The predicted molar refractivity (Wildman–Crippen MR) is 77.4 cm³/mol. The average Bonchev–Trinajstić information content (AvgIpc) is 2.22. The number of benzene rings is 1. The van der Waals surface area contributed by atoms with Crippen LogP contribution in [0.25, 0.3) is 11.1 Å². The Bertz CT molecular complexity index is 543. The first-order chi connectivity index (χ1) is 7.58. The van der Waals surface area contributed by atoms with E-state index in [1.807, 2.05) is 12.1 Å². The molecule has 0 aliphatic carbocycles. The molecule has 16 heavy (non-hydrogen) atoms. The number of aromatic nitrogens is 1. The van der Waals surface area contributed by atoms with E-state index in [0.717, 1.165) is 14.7 Å². The molecule has 0 N–H and O–H groups in total. The molecular formula is C11H5Cl3IN. The Morgan fingerprint density at radius 1 is 1.00 bits per heavy atom. The smallest absolute Gasteiger partial charge is 0.136 e. The van der Waals surface area contributed by atoms with Gasteiger partial charge in [0.05, 0.1) is 0 Å². The van der Waals surface area contributed by atoms with Gasteiger partial charge in [-0.25, -0.2) is 4.98 Å². The Labute approximate surface area is 122 Å². The summed E-state index contributed by atoms with van der Waals surface area (Å²) in [5, 5.41) is 1.60. The zero-order valence-electron chi connectivity index (χ0n) is 7.85. The highest BCUT2D eigenvalue weighted by molar-refractivity contribution is 14.1. The van der Waals surface area contributed by atoms with E-state index in [9.17, 15) is 0 Å². The van der Waals surface area contributed by atoms with Crippen LogP contribution in [0, 0.1) is 3.57 Å². The van der Waals surface area contributed by atoms with Gasteiger partial charge in [0.15, 0.2) is 0 Å². The fourth-order valence-corrected chi connectivity index (χ4v) is 2.49. The summed E-state index contributed by atoms with van der Waals surface area (Å²) in [7, 11) is 0. The standard InChI is InChI=1S/C11H5Cl3IN/c12-6-1-2-8(10(13)3-6)9-4-7(15)5-16-11(9)14/h1-5H. The lowest BCUT2D eigenvalue weighted by molar-refractivity contribution is 1.31. The number of pyridine rings is 1. The first kappa shape index (κ1) is 12.4. The van der Waals surface area contributed by atoms with E-state index in [1.54, 1.807) is 18.3 Å². The molecule has 2 aromatic rings. The van der Waals surface area contributed by atoms with Crippen molar-refractivity contribution in [2.75, 3.05) is 0 Å². The lowest BCUT2D eigenvalue weighted by atomic mass is 10.1. The van der Waals surface area contributed by atoms with Gasteiger partial charge in [0, 0.05) is 30.9 Å². The highest BCUT2D eigenvalue weighted by Gasteiger charge is 2.09. The van der Waals surface area contributed by atoms with Crippen LogP contribution < -0.4 is 0 Å². The van der Waals surface area contributed by atoms with E-state index in [4.69, 9.17) is 34.8 Å². The van der Waals surface area contributed by atoms with E-state index in [-0.39, 0.29) is 0 Å². The molecule has 0 spiro atoms. The molecular weight excluding hydrogens is 379 g/mol. The Kier molecular flexibility index (Phi) is 3.95. The zero-order chi connectivity index (χ0) is 11.7. The van der Waals surface area contributed by atoms with Crippen LogP contribution in [0.2, 0.25) is 15.2 Å². The molecule has 0 aliphatic heterocycles. The van der Waals surface area contributed by atoms with Gasteiger partial charge < -0.3 is 0 Å². The van der Waals surface area contributed by atoms with Crippen molar-refractivity contribution < 1.29 is 0 Å². The molecule has 0 radical (unpaired) electrons. The number of hydrogen-bond donors (Lipinski definition) is 0. The average molecular weight is 384 g/mol. The first-order valence-corrected chi connectivity index (χ1v) is 6.55. The minimum absolute atomic E-state index is 0.435. The SMILES string of the molecule is Clc1ccc(-c2cc(I)cnc2Cl)c(Cl)c1. The van der Waals surface area contributed by atoms with Crippen molar-refractivity contribution in [3.8, 4) is 11.1 Å². The molecule has 0 fully saturated rings. The van der Waals surface area contributed by atoms with Crippen molar-refractivity contribution in [1.29, 1.82) is 0 Å². The number of rotatable bonds is 1. The van der Waals surface area contributed by atoms with Crippen LogP contribution >= 0.6 is 57.4 Å². The lowest BCUT2D eigenvalue weighted by Crippen LogP contribution is -1.86. The van der Waals surface area contributed by atoms with Crippen molar-refractivity contribution in [1.82, 2.24) is 4.98 Å². The molecule has 1 nitrogen and oxygen atoms in total. The molecule has 1 aromatic carbocycles. The van der Waals surface area contributed by atoms with Crippen LogP contribution in [0.3, 0.4) is 0 Å². The third kappa shape index (κ3) is 2.62. The van der Waals surface area contributed by atoms with Crippen LogP contribution in [-0.4, -0.2) is 4.98 Å². The molecule has 0 saturated carbocycles. The summed E-state index contributed by atoms with van der Waals surface area (Å²) in [5.41, 5.74) is 1.65. The molecule has 1 aromatic heterocycles. The second-order valence-corrected chi connectivity index (χ2v) is 5.56. The Morgan fingerprint density at radius 2 is 1.75 bits per heavy atom. The van der Waals surface area contributed by atoms with Gasteiger partial charge in [-0.1, -0.05) is 40.9 Å². The largest absolute Gasteiger partial charge is 0.243 e. The van der Waals surface area contributed by atoms with Crippen molar-refractivity contribution in [2.45, 2.75) is 0 Å². The monoisotopic (exact) mass is 383 g/mol. The van der Waals surface area contributed by atoms with E-state index >= 15 is 0 Å². The summed E-state index contributed by atoms with van der Waals surface area (Å²) in [6, 6.07) is 7.24. The van der Waals surface area contributed by atoms with Gasteiger partial charge in [-0.05, 0) is 40.8 Å². The first-order valence-electron chi connectivity index (χ1n) is 4.34. The normalized spacial score (nSPS) is 10.5.